The highest BCUT2D eigenvalue weighted by molar-refractivity contribution is 6.06. The fourth-order valence-corrected chi connectivity index (χ4v) is 7.00. The largest absolute Gasteiger partial charge is 0.0616 e. The van der Waals surface area contributed by atoms with Crippen LogP contribution in [0.15, 0.2) is 182 Å². The lowest BCUT2D eigenvalue weighted by molar-refractivity contribution is 1.61. The third-order valence-electron chi connectivity index (χ3n) is 9.41. The van der Waals surface area contributed by atoms with E-state index in [1.54, 1.807) is 0 Å². The first kappa shape index (κ1) is 26.4. The SMILES string of the molecule is c1cc(-c2ccc3ccccc3c2)cc(-c2ccc(-c3ccc4cc(-c5ccc6ccccc6c5)ccc4c3)c3ccccc23)c1. The lowest BCUT2D eigenvalue weighted by Gasteiger charge is -2.14. The molecule has 0 aromatic heterocycles. The average molecular weight is 583 g/mol. The predicted molar refractivity (Wildman–Crippen MR) is 198 cm³/mol. The lowest BCUT2D eigenvalue weighted by Crippen LogP contribution is -1.88. The van der Waals surface area contributed by atoms with Gasteiger partial charge in [-0.1, -0.05) is 152 Å². The first-order valence-corrected chi connectivity index (χ1v) is 15.9. The van der Waals surface area contributed by atoms with Gasteiger partial charge in [-0.3, -0.25) is 0 Å². The molecule has 0 heteroatoms. The summed E-state index contributed by atoms with van der Waals surface area (Å²) in [5, 5.41) is 10.1. The normalized spacial score (nSPS) is 11.5. The molecule has 0 aliphatic heterocycles. The molecule has 0 N–H and O–H groups in total. The molecule has 0 aliphatic carbocycles. The van der Waals surface area contributed by atoms with Gasteiger partial charge in [0, 0.05) is 0 Å². The molecule has 9 rings (SSSR count). The van der Waals surface area contributed by atoms with Crippen molar-refractivity contribution in [2.45, 2.75) is 0 Å². The summed E-state index contributed by atoms with van der Waals surface area (Å²) in [6.07, 6.45) is 0. The molecule has 0 spiro atoms. The number of fused-ring (bicyclic) bond motifs is 4. The van der Waals surface area contributed by atoms with Gasteiger partial charge in [0.1, 0.15) is 0 Å². The Morgan fingerprint density at radius 1 is 0.196 bits per heavy atom. The van der Waals surface area contributed by atoms with Gasteiger partial charge in [-0.25, -0.2) is 0 Å². The highest BCUT2D eigenvalue weighted by atomic mass is 14.2. The quantitative estimate of drug-likeness (QED) is 0.194. The van der Waals surface area contributed by atoms with Gasteiger partial charge in [0.05, 0.1) is 0 Å². The van der Waals surface area contributed by atoms with Crippen molar-refractivity contribution in [2.24, 2.45) is 0 Å². The minimum absolute atomic E-state index is 1.23. The van der Waals surface area contributed by atoms with Crippen molar-refractivity contribution in [3.8, 4) is 44.5 Å². The van der Waals surface area contributed by atoms with Crippen molar-refractivity contribution < 1.29 is 0 Å². The Hall–Kier alpha value is -5.98. The molecular formula is C46H30. The van der Waals surface area contributed by atoms with E-state index in [0.717, 1.165) is 0 Å². The van der Waals surface area contributed by atoms with Gasteiger partial charge in [0.2, 0.25) is 0 Å². The van der Waals surface area contributed by atoms with Crippen LogP contribution < -0.4 is 0 Å². The van der Waals surface area contributed by atoms with Crippen LogP contribution in [0.25, 0.3) is 87.6 Å². The summed E-state index contributed by atoms with van der Waals surface area (Å²) in [5.41, 5.74) is 9.93. The van der Waals surface area contributed by atoms with E-state index >= 15 is 0 Å². The monoisotopic (exact) mass is 582 g/mol. The van der Waals surface area contributed by atoms with E-state index < -0.39 is 0 Å². The fraction of sp³-hybridized carbons (Fsp3) is 0. The summed E-state index contributed by atoms with van der Waals surface area (Å²) in [7, 11) is 0. The highest BCUT2D eigenvalue weighted by Crippen LogP contribution is 2.38. The van der Waals surface area contributed by atoms with Crippen LogP contribution in [0.3, 0.4) is 0 Å². The van der Waals surface area contributed by atoms with E-state index in [2.05, 4.69) is 182 Å². The molecule has 0 fully saturated rings. The van der Waals surface area contributed by atoms with Crippen LogP contribution in [0, 0.1) is 0 Å². The maximum absolute atomic E-state index is 2.33. The molecule has 0 saturated heterocycles. The molecule has 0 radical (unpaired) electrons. The minimum atomic E-state index is 1.23. The van der Waals surface area contributed by atoms with Crippen molar-refractivity contribution in [1.82, 2.24) is 0 Å². The molecule has 46 heavy (non-hydrogen) atoms. The maximum atomic E-state index is 2.33. The Labute approximate surface area is 268 Å². The maximum Gasteiger partial charge on any atom is -0.00992 e. The lowest BCUT2D eigenvalue weighted by atomic mass is 9.90. The van der Waals surface area contributed by atoms with Crippen LogP contribution in [-0.2, 0) is 0 Å². The molecule has 0 unspecified atom stereocenters. The van der Waals surface area contributed by atoms with Crippen molar-refractivity contribution >= 4 is 43.1 Å². The zero-order valence-electron chi connectivity index (χ0n) is 25.3. The van der Waals surface area contributed by atoms with Crippen molar-refractivity contribution in [3.05, 3.63) is 182 Å². The zero-order valence-corrected chi connectivity index (χ0v) is 25.3. The second-order valence-electron chi connectivity index (χ2n) is 12.2. The molecule has 0 bridgehead atoms. The van der Waals surface area contributed by atoms with E-state index in [4.69, 9.17) is 0 Å². The topological polar surface area (TPSA) is 0 Å². The van der Waals surface area contributed by atoms with Crippen molar-refractivity contribution in [1.29, 1.82) is 0 Å². The van der Waals surface area contributed by atoms with Gasteiger partial charge >= 0.3 is 0 Å². The second kappa shape index (κ2) is 10.9. The van der Waals surface area contributed by atoms with Gasteiger partial charge < -0.3 is 0 Å². The van der Waals surface area contributed by atoms with Crippen molar-refractivity contribution in [3.63, 3.8) is 0 Å². The first-order valence-electron chi connectivity index (χ1n) is 15.9. The standard InChI is InChI=1S/C46H30/c1-3-10-33-26-36(18-16-31(33)8-1)35-12-7-13-41(29-35)43-24-25-44(46-15-6-5-14-45(43)46)42-23-22-39-28-38(20-21-40(39)30-42)37-19-17-32-9-2-4-11-34(32)27-37/h1-30H. The number of benzene rings is 9. The summed E-state index contributed by atoms with van der Waals surface area (Å²) >= 11 is 0. The molecule has 0 nitrogen and oxygen atoms in total. The third-order valence-corrected chi connectivity index (χ3v) is 9.41. The van der Waals surface area contributed by atoms with E-state index in [0.29, 0.717) is 0 Å². The van der Waals surface area contributed by atoms with Crippen LogP contribution in [0.5, 0.6) is 0 Å². The molecule has 0 amide bonds. The first-order chi connectivity index (χ1) is 22.8. The van der Waals surface area contributed by atoms with Crippen LogP contribution in [0.2, 0.25) is 0 Å². The van der Waals surface area contributed by atoms with Gasteiger partial charge in [-0.2, -0.15) is 0 Å². The molecule has 9 aromatic rings. The summed E-state index contributed by atoms with van der Waals surface area (Å²) in [5.74, 6) is 0. The molecule has 9 aromatic carbocycles. The van der Waals surface area contributed by atoms with Crippen LogP contribution in [0.4, 0.5) is 0 Å². The molecule has 0 aliphatic rings. The van der Waals surface area contributed by atoms with Crippen molar-refractivity contribution in [2.75, 3.05) is 0 Å². The Balaban J connectivity index is 1.09. The van der Waals surface area contributed by atoms with Gasteiger partial charge in [0.15, 0.2) is 0 Å². The van der Waals surface area contributed by atoms with E-state index in [-0.39, 0.29) is 0 Å². The number of rotatable bonds is 4. The Morgan fingerprint density at radius 3 is 1.09 bits per heavy atom. The average Bonchev–Trinajstić information content (AvgIpc) is 3.13. The number of hydrogen-bond donors (Lipinski definition) is 0. The van der Waals surface area contributed by atoms with Crippen LogP contribution in [-0.4, -0.2) is 0 Å². The fourth-order valence-electron chi connectivity index (χ4n) is 7.00. The summed E-state index contributed by atoms with van der Waals surface area (Å²) in [6, 6.07) is 66.6. The van der Waals surface area contributed by atoms with Crippen LogP contribution in [0.1, 0.15) is 0 Å². The summed E-state index contributed by atoms with van der Waals surface area (Å²) < 4.78 is 0. The third kappa shape index (κ3) is 4.64. The van der Waals surface area contributed by atoms with Crippen LogP contribution >= 0.6 is 0 Å². The van der Waals surface area contributed by atoms with Gasteiger partial charge in [-0.15, -0.1) is 0 Å². The minimum Gasteiger partial charge on any atom is -0.0616 e. The molecule has 0 saturated carbocycles. The molecule has 0 heterocycles. The van der Waals surface area contributed by atoms with E-state index in [9.17, 15) is 0 Å². The Morgan fingerprint density at radius 2 is 0.543 bits per heavy atom. The Bertz CT molecular complexity index is 2590. The van der Waals surface area contributed by atoms with Gasteiger partial charge in [-0.05, 0) is 118 Å². The molecular weight excluding hydrogens is 553 g/mol. The second-order valence-corrected chi connectivity index (χ2v) is 12.2. The zero-order chi connectivity index (χ0) is 30.5. The van der Waals surface area contributed by atoms with Gasteiger partial charge in [0.25, 0.3) is 0 Å². The smallest absolute Gasteiger partial charge is 0.00992 e. The van der Waals surface area contributed by atoms with E-state index in [1.165, 1.54) is 87.6 Å². The number of hydrogen-bond acceptors (Lipinski definition) is 0. The summed E-state index contributed by atoms with van der Waals surface area (Å²) in [4.78, 5) is 0. The molecule has 0 atom stereocenters. The van der Waals surface area contributed by atoms with E-state index in [1.807, 2.05) is 0 Å². The highest BCUT2D eigenvalue weighted by Gasteiger charge is 2.12. The molecule has 214 valence electrons. The summed E-state index contributed by atoms with van der Waals surface area (Å²) in [6.45, 7) is 0. The predicted octanol–water partition coefficient (Wildman–Crippen LogP) is 13.0. The Kier molecular flexibility index (Phi) is 6.25.